The molecule has 2 aromatic heterocycles. The Morgan fingerprint density at radius 1 is 1.42 bits per heavy atom. The number of piperidine rings is 1. The van der Waals surface area contributed by atoms with E-state index < -0.39 is 0 Å². The highest BCUT2D eigenvalue weighted by molar-refractivity contribution is 5.93. The zero-order chi connectivity index (χ0) is 12.8. The Bertz CT molecular complexity index is 637. The Hall–Kier alpha value is -1.95. The van der Waals surface area contributed by atoms with Gasteiger partial charge in [-0.25, -0.2) is 9.97 Å². The predicted octanol–water partition coefficient (Wildman–Crippen LogP) is 0.209. The fourth-order valence-electron chi connectivity index (χ4n) is 3.20. The fourth-order valence-corrected chi connectivity index (χ4v) is 3.20. The number of imidazole rings is 1. The largest absolute Gasteiger partial charge is 0.348 e. The summed E-state index contributed by atoms with van der Waals surface area (Å²) < 4.78 is 1.79. The highest BCUT2D eigenvalue weighted by Crippen LogP contribution is 2.31. The van der Waals surface area contributed by atoms with Gasteiger partial charge >= 0.3 is 0 Å². The second kappa shape index (κ2) is 4.03. The number of carbonyl (C=O) groups excluding carboxylic acids is 1. The van der Waals surface area contributed by atoms with Gasteiger partial charge in [-0.1, -0.05) is 0 Å². The second-order valence-electron chi connectivity index (χ2n) is 5.38. The number of nitrogens with zero attached hydrogens (tertiary/aromatic N) is 3. The average molecular weight is 257 g/mol. The number of hydrogen-bond acceptors (Lipinski definition) is 4. The Labute approximate surface area is 110 Å². The van der Waals surface area contributed by atoms with Gasteiger partial charge in [-0.05, 0) is 18.8 Å². The van der Waals surface area contributed by atoms with Crippen molar-refractivity contribution in [1.29, 1.82) is 0 Å². The first-order valence-electron chi connectivity index (χ1n) is 6.62. The first-order valence-corrected chi connectivity index (χ1v) is 6.62. The summed E-state index contributed by atoms with van der Waals surface area (Å²) in [7, 11) is 0. The molecular weight excluding hydrogens is 242 g/mol. The molecule has 1 saturated heterocycles. The summed E-state index contributed by atoms with van der Waals surface area (Å²) in [5.41, 5.74) is 1.18. The van der Waals surface area contributed by atoms with Gasteiger partial charge in [0.2, 0.25) is 0 Å². The van der Waals surface area contributed by atoms with Crippen LogP contribution in [0.3, 0.4) is 0 Å². The summed E-state index contributed by atoms with van der Waals surface area (Å²) in [6.45, 7) is 1.02. The summed E-state index contributed by atoms with van der Waals surface area (Å²) in [6, 6.07) is 2.59. The van der Waals surface area contributed by atoms with E-state index in [-0.39, 0.29) is 11.9 Å². The first-order chi connectivity index (χ1) is 9.29. The van der Waals surface area contributed by atoms with Crippen LogP contribution in [-0.4, -0.2) is 38.9 Å². The van der Waals surface area contributed by atoms with Gasteiger partial charge in [0.25, 0.3) is 5.91 Å². The molecule has 0 aromatic carbocycles. The highest BCUT2D eigenvalue weighted by atomic mass is 16.1. The average Bonchev–Trinajstić information content (AvgIpc) is 3.13. The van der Waals surface area contributed by atoms with Gasteiger partial charge in [0.15, 0.2) is 0 Å². The number of hydrogen-bond donors (Lipinski definition) is 2. The maximum Gasteiger partial charge on any atom is 0.270 e. The minimum absolute atomic E-state index is 0.0944. The maximum atomic E-state index is 12.2. The lowest BCUT2D eigenvalue weighted by Gasteiger charge is -2.23. The molecule has 1 aliphatic carbocycles. The van der Waals surface area contributed by atoms with Crippen LogP contribution in [0.4, 0.5) is 0 Å². The van der Waals surface area contributed by atoms with Gasteiger partial charge in [-0.3, -0.25) is 9.20 Å². The number of amides is 1. The summed E-state index contributed by atoms with van der Waals surface area (Å²) in [6.07, 6.45) is 7.34. The molecule has 2 fully saturated rings. The summed E-state index contributed by atoms with van der Waals surface area (Å²) in [4.78, 5) is 20.6. The van der Waals surface area contributed by atoms with Crippen molar-refractivity contribution in [2.45, 2.75) is 24.9 Å². The zero-order valence-corrected chi connectivity index (χ0v) is 10.4. The van der Waals surface area contributed by atoms with Crippen LogP contribution < -0.4 is 10.6 Å². The second-order valence-corrected chi connectivity index (χ2v) is 5.38. The van der Waals surface area contributed by atoms with Crippen molar-refractivity contribution in [2.24, 2.45) is 5.92 Å². The molecule has 6 nitrogen and oxygen atoms in total. The Morgan fingerprint density at radius 3 is 3.16 bits per heavy atom. The van der Waals surface area contributed by atoms with E-state index in [1.165, 1.54) is 6.42 Å². The predicted molar refractivity (Wildman–Crippen MR) is 68.8 cm³/mol. The van der Waals surface area contributed by atoms with E-state index in [4.69, 9.17) is 0 Å². The number of rotatable bonds is 2. The SMILES string of the molecule is O=C(N[C@H]1C[C@H]2C[C@H]1CN2)c1cc2nccn2cn1. The molecule has 1 aliphatic heterocycles. The molecule has 3 heterocycles. The van der Waals surface area contributed by atoms with Crippen LogP contribution in [0.2, 0.25) is 0 Å². The normalized spacial score (nSPS) is 28.9. The van der Waals surface area contributed by atoms with Gasteiger partial charge in [0.05, 0.1) is 0 Å². The molecule has 2 aromatic rings. The van der Waals surface area contributed by atoms with E-state index in [2.05, 4.69) is 20.6 Å². The number of carbonyl (C=O) groups is 1. The topological polar surface area (TPSA) is 71.3 Å². The minimum atomic E-state index is -0.0944. The first kappa shape index (κ1) is 10.9. The molecule has 1 amide bonds. The molecule has 6 heteroatoms. The fraction of sp³-hybridized carbons (Fsp3) is 0.462. The summed E-state index contributed by atoms with van der Waals surface area (Å²) in [5, 5.41) is 6.54. The quantitative estimate of drug-likeness (QED) is 0.807. The Morgan fingerprint density at radius 2 is 2.37 bits per heavy atom. The van der Waals surface area contributed by atoms with Crippen LogP contribution in [0.5, 0.6) is 0 Å². The number of nitrogens with one attached hydrogen (secondary N) is 2. The molecular formula is C13H15N5O. The smallest absolute Gasteiger partial charge is 0.270 e. The molecule has 1 saturated carbocycles. The standard InChI is InChI=1S/C13H15N5O/c19-13(17-10-4-9-3-8(10)6-15-9)11-5-12-14-1-2-18(12)7-16-11/h1-2,5,7-10,15H,3-4,6H2,(H,17,19)/t8-,9+,10-/m0/s1. The van der Waals surface area contributed by atoms with E-state index in [1.54, 1.807) is 23.0 Å². The molecule has 19 heavy (non-hydrogen) atoms. The molecule has 0 radical (unpaired) electrons. The molecule has 98 valence electrons. The van der Waals surface area contributed by atoms with E-state index in [1.807, 2.05) is 6.20 Å². The van der Waals surface area contributed by atoms with Gasteiger partial charge in [-0.15, -0.1) is 0 Å². The Kier molecular flexibility index (Phi) is 2.32. The van der Waals surface area contributed by atoms with Crippen LogP contribution in [-0.2, 0) is 0 Å². The monoisotopic (exact) mass is 257 g/mol. The lowest BCUT2D eigenvalue weighted by molar-refractivity contribution is 0.0920. The molecule has 3 atom stereocenters. The van der Waals surface area contributed by atoms with E-state index in [9.17, 15) is 4.79 Å². The Balaban J connectivity index is 1.53. The van der Waals surface area contributed by atoms with E-state index in [0.717, 1.165) is 18.6 Å². The summed E-state index contributed by atoms with van der Waals surface area (Å²) >= 11 is 0. The van der Waals surface area contributed by atoms with Crippen molar-refractivity contribution in [3.05, 3.63) is 30.5 Å². The van der Waals surface area contributed by atoms with Crippen molar-refractivity contribution < 1.29 is 4.79 Å². The molecule has 0 unspecified atom stereocenters. The lowest BCUT2D eigenvalue weighted by Crippen LogP contribution is -2.44. The highest BCUT2D eigenvalue weighted by Gasteiger charge is 2.40. The van der Waals surface area contributed by atoms with Gasteiger partial charge in [0, 0.05) is 37.1 Å². The van der Waals surface area contributed by atoms with Crippen molar-refractivity contribution in [3.8, 4) is 0 Å². The van der Waals surface area contributed by atoms with Crippen LogP contribution >= 0.6 is 0 Å². The van der Waals surface area contributed by atoms with E-state index in [0.29, 0.717) is 17.7 Å². The maximum absolute atomic E-state index is 12.2. The summed E-state index contributed by atoms with van der Waals surface area (Å²) in [5.74, 6) is 0.479. The number of aromatic nitrogens is 3. The van der Waals surface area contributed by atoms with Gasteiger partial charge < -0.3 is 10.6 Å². The molecule has 2 bridgehead atoms. The zero-order valence-electron chi connectivity index (χ0n) is 10.4. The third kappa shape index (κ3) is 1.79. The van der Waals surface area contributed by atoms with Crippen molar-refractivity contribution in [3.63, 3.8) is 0 Å². The van der Waals surface area contributed by atoms with Crippen LogP contribution in [0.25, 0.3) is 5.65 Å². The van der Waals surface area contributed by atoms with Crippen LogP contribution in [0.1, 0.15) is 23.3 Å². The number of fused-ring (bicyclic) bond motifs is 3. The van der Waals surface area contributed by atoms with Gasteiger partial charge in [-0.2, -0.15) is 0 Å². The molecule has 2 aliphatic rings. The lowest BCUT2D eigenvalue weighted by atomic mass is 10.0. The van der Waals surface area contributed by atoms with Gasteiger partial charge in [0.1, 0.15) is 17.7 Å². The van der Waals surface area contributed by atoms with Crippen molar-refractivity contribution in [1.82, 2.24) is 25.0 Å². The van der Waals surface area contributed by atoms with Crippen LogP contribution in [0, 0.1) is 5.92 Å². The van der Waals surface area contributed by atoms with E-state index >= 15 is 0 Å². The van der Waals surface area contributed by atoms with Crippen LogP contribution in [0.15, 0.2) is 24.8 Å². The molecule has 4 rings (SSSR count). The van der Waals surface area contributed by atoms with Crippen molar-refractivity contribution in [2.75, 3.05) is 6.54 Å². The third-order valence-electron chi connectivity index (χ3n) is 4.20. The van der Waals surface area contributed by atoms with Crippen molar-refractivity contribution >= 4 is 11.6 Å². The third-order valence-corrected chi connectivity index (χ3v) is 4.20. The molecule has 0 spiro atoms. The minimum Gasteiger partial charge on any atom is -0.348 e. The molecule has 2 N–H and O–H groups in total.